The molecule has 1 aromatic rings. The van der Waals surface area contributed by atoms with E-state index in [1.165, 1.54) is 30.6 Å². The quantitative estimate of drug-likeness (QED) is 0.798. The molecule has 0 aromatic carbocycles. The maximum atomic E-state index is 5.41. The van der Waals surface area contributed by atoms with Crippen molar-refractivity contribution in [3.8, 4) is 0 Å². The van der Waals surface area contributed by atoms with Gasteiger partial charge in [-0.05, 0) is 25.7 Å². The van der Waals surface area contributed by atoms with Crippen molar-refractivity contribution >= 4 is 0 Å². The van der Waals surface area contributed by atoms with E-state index >= 15 is 0 Å². The van der Waals surface area contributed by atoms with Crippen LogP contribution in [0.25, 0.3) is 0 Å². The van der Waals surface area contributed by atoms with Crippen molar-refractivity contribution in [1.29, 1.82) is 0 Å². The number of nitrogens with zero attached hydrogens (tertiary/aromatic N) is 3. The Bertz CT molecular complexity index is 411. The van der Waals surface area contributed by atoms with Gasteiger partial charge < -0.3 is 4.74 Å². The Hall–Kier alpha value is -0.870. The lowest BCUT2D eigenvalue weighted by molar-refractivity contribution is 0.133. The van der Waals surface area contributed by atoms with Gasteiger partial charge in [0.1, 0.15) is 0 Å². The van der Waals surface area contributed by atoms with Crippen LogP contribution in [0.1, 0.15) is 36.9 Å². The molecule has 2 heterocycles. The van der Waals surface area contributed by atoms with E-state index in [2.05, 4.69) is 27.8 Å². The van der Waals surface area contributed by atoms with Gasteiger partial charge in [0, 0.05) is 50.5 Å². The number of rotatable bonds is 5. The van der Waals surface area contributed by atoms with Gasteiger partial charge in [0.25, 0.3) is 0 Å². The molecule has 18 heavy (non-hydrogen) atoms. The third-order valence-electron chi connectivity index (χ3n) is 4.10. The highest BCUT2D eigenvalue weighted by Gasteiger charge is 2.32. The summed E-state index contributed by atoms with van der Waals surface area (Å²) in [5.41, 5.74) is 2.82. The topological polar surface area (TPSA) is 30.3 Å². The minimum Gasteiger partial charge on any atom is -0.384 e. The van der Waals surface area contributed by atoms with Gasteiger partial charge >= 0.3 is 0 Å². The molecular formula is C14H23N3O. The smallest absolute Gasteiger partial charge is 0.0558 e. The average molecular weight is 249 g/mol. The van der Waals surface area contributed by atoms with Gasteiger partial charge in [-0.15, -0.1) is 0 Å². The molecule has 1 saturated carbocycles. The van der Waals surface area contributed by atoms with Crippen LogP contribution in [-0.2, 0) is 17.8 Å². The van der Waals surface area contributed by atoms with Crippen molar-refractivity contribution in [3.05, 3.63) is 17.5 Å². The lowest BCUT2D eigenvalue weighted by atomic mass is 9.96. The van der Waals surface area contributed by atoms with Crippen LogP contribution in [0.5, 0.6) is 0 Å². The molecule has 0 N–H and O–H groups in total. The first-order valence-electron chi connectivity index (χ1n) is 7.07. The summed E-state index contributed by atoms with van der Waals surface area (Å²) in [7, 11) is 1.80. The second-order valence-corrected chi connectivity index (χ2v) is 5.66. The highest BCUT2D eigenvalue weighted by molar-refractivity contribution is 5.25. The van der Waals surface area contributed by atoms with Crippen molar-refractivity contribution in [2.45, 2.75) is 38.8 Å². The van der Waals surface area contributed by atoms with Crippen molar-refractivity contribution in [2.24, 2.45) is 5.92 Å². The summed E-state index contributed by atoms with van der Waals surface area (Å²) >= 11 is 0. The molecule has 0 spiro atoms. The summed E-state index contributed by atoms with van der Waals surface area (Å²) in [6.07, 6.45) is 4.90. The van der Waals surface area contributed by atoms with E-state index in [9.17, 15) is 0 Å². The van der Waals surface area contributed by atoms with E-state index in [-0.39, 0.29) is 0 Å². The molecule has 1 fully saturated rings. The summed E-state index contributed by atoms with van der Waals surface area (Å²) < 4.78 is 7.55. The number of hydrogen-bond acceptors (Lipinski definition) is 3. The van der Waals surface area contributed by atoms with Crippen molar-refractivity contribution < 1.29 is 4.74 Å². The Morgan fingerprint density at radius 3 is 2.94 bits per heavy atom. The Balaban J connectivity index is 1.80. The molecule has 4 nitrogen and oxygen atoms in total. The largest absolute Gasteiger partial charge is 0.384 e. The average Bonchev–Trinajstić information content (AvgIpc) is 3.07. The van der Waals surface area contributed by atoms with E-state index in [1.807, 2.05) is 0 Å². The lowest BCUT2D eigenvalue weighted by Gasteiger charge is -2.33. The number of methoxy groups -OCH3 is 1. The molecule has 0 amide bonds. The molecule has 1 aliphatic heterocycles. The summed E-state index contributed by atoms with van der Waals surface area (Å²) in [6.45, 7) is 7.39. The minimum atomic E-state index is 0.486. The summed E-state index contributed by atoms with van der Waals surface area (Å²) in [5, 5.41) is 4.51. The van der Waals surface area contributed by atoms with E-state index in [1.54, 1.807) is 7.11 Å². The van der Waals surface area contributed by atoms with E-state index in [0.29, 0.717) is 5.92 Å². The number of aromatic nitrogens is 2. The molecule has 1 aliphatic carbocycles. The van der Waals surface area contributed by atoms with Crippen LogP contribution < -0.4 is 0 Å². The zero-order valence-corrected chi connectivity index (χ0v) is 11.4. The van der Waals surface area contributed by atoms with Crippen LogP contribution >= 0.6 is 0 Å². The van der Waals surface area contributed by atoms with Gasteiger partial charge in [0.15, 0.2) is 0 Å². The van der Waals surface area contributed by atoms with Gasteiger partial charge in [-0.3, -0.25) is 9.58 Å². The van der Waals surface area contributed by atoms with Gasteiger partial charge in [0.05, 0.1) is 12.8 Å². The molecule has 3 rings (SSSR count). The maximum absolute atomic E-state index is 5.41. The molecule has 1 aromatic heterocycles. The maximum Gasteiger partial charge on any atom is 0.0558 e. The molecule has 1 atom stereocenters. The normalized spacial score (nSPS) is 24.2. The van der Waals surface area contributed by atoms with E-state index in [0.717, 1.165) is 32.2 Å². The Kier molecular flexibility index (Phi) is 3.39. The third kappa shape index (κ3) is 2.31. The second kappa shape index (κ2) is 5.02. The van der Waals surface area contributed by atoms with Crippen LogP contribution in [-0.4, -0.2) is 41.5 Å². The fraction of sp³-hybridized carbons (Fsp3) is 0.786. The summed E-state index contributed by atoms with van der Waals surface area (Å²) in [5.74, 6) is 1.44. The second-order valence-electron chi connectivity index (χ2n) is 5.66. The molecule has 0 radical (unpaired) electrons. The fourth-order valence-corrected chi connectivity index (χ4v) is 3.12. The van der Waals surface area contributed by atoms with Crippen molar-refractivity contribution in [1.82, 2.24) is 14.7 Å². The van der Waals surface area contributed by atoms with E-state index in [4.69, 9.17) is 4.74 Å². The monoisotopic (exact) mass is 249 g/mol. The zero-order chi connectivity index (χ0) is 12.5. The summed E-state index contributed by atoms with van der Waals surface area (Å²) in [4.78, 5) is 2.59. The number of aryl methyl sites for hydroxylation is 1. The highest BCUT2D eigenvalue weighted by Crippen LogP contribution is 2.34. The van der Waals surface area contributed by atoms with Crippen molar-refractivity contribution in [3.63, 3.8) is 0 Å². The molecule has 100 valence electrons. The highest BCUT2D eigenvalue weighted by atomic mass is 16.5. The van der Waals surface area contributed by atoms with Crippen molar-refractivity contribution in [2.75, 3.05) is 26.8 Å². The standard InChI is InChI=1S/C14H23N3O/c1-3-17-14-12(6-15-17)8-16(7-11-4-5-11)9-13(14)10-18-2/h6,11,13H,3-5,7-10H2,1-2H3. The number of ether oxygens (including phenoxy) is 1. The van der Waals surface area contributed by atoms with Crippen LogP contribution in [0.15, 0.2) is 6.20 Å². The first kappa shape index (κ1) is 12.2. The molecule has 4 heteroatoms. The minimum absolute atomic E-state index is 0.486. The number of fused-ring (bicyclic) bond motifs is 1. The first-order chi connectivity index (χ1) is 8.81. The third-order valence-corrected chi connectivity index (χ3v) is 4.10. The number of hydrogen-bond donors (Lipinski definition) is 0. The summed E-state index contributed by atoms with van der Waals surface area (Å²) in [6, 6.07) is 0. The van der Waals surface area contributed by atoms with Gasteiger partial charge in [-0.25, -0.2) is 0 Å². The van der Waals surface area contributed by atoms with Crippen LogP contribution in [0, 0.1) is 5.92 Å². The predicted octanol–water partition coefficient (Wildman–Crippen LogP) is 1.86. The molecule has 2 aliphatic rings. The molecule has 1 unspecified atom stereocenters. The van der Waals surface area contributed by atoms with Gasteiger partial charge in [-0.2, -0.15) is 5.10 Å². The SMILES string of the molecule is CCn1ncc2c1C(COC)CN(CC1CC1)C2. The van der Waals surface area contributed by atoms with E-state index < -0.39 is 0 Å². The Morgan fingerprint density at radius 2 is 2.28 bits per heavy atom. The fourth-order valence-electron chi connectivity index (χ4n) is 3.12. The van der Waals surface area contributed by atoms with Crippen LogP contribution in [0.2, 0.25) is 0 Å². The zero-order valence-electron chi connectivity index (χ0n) is 11.4. The molecule has 0 bridgehead atoms. The van der Waals surface area contributed by atoms with Gasteiger partial charge in [0.2, 0.25) is 0 Å². The Morgan fingerprint density at radius 1 is 1.44 bits per heavy atom. The lowest BCUT2D eigenvalue weighted by Crippen LogP contribution is -2.37. The predicted molar refractivity (Wildman–Crippen MR) is 70.5 cm³/mol. The first-order valence-corrected chi connectivity index (χ1v) is 7.07. The molecular weight excluding hydrogens is 226 g/mol. The van der Waals surface area contributed by atoms with Crippen LogP contribution in [0.3, 0.4) is 0 Å². The Labute approximate surface area is 109 Å². The molecule has 0 saturated heterocycles. The van der Waals surface area contributed by atoms with Gasteiger partial charge in [-0.1, -0.05) is 0 Å². The van der Waals surface area contributed by atoms with Crippen LogP contribution in [0.4, 0.5) is 0 Å².